The van der Waals surface area contributed by atoms with Gasteiger partial charge in [0.05, 0.1) is 58.5 Å². The monoisotopic (exact) mass is 582 g/mol. The predicted molar refractivity (Wildman–Crippen MR) is 166 cm³/mol. The Morgan fingerprint density at radius 2 is 1.05 bits per heavy atom. The second-order valence-corrected chi connectivity index (χ2v) is 11.0. The highest BCUT2D eigenvalue weighted by Gasteiger charge is 2.43. The standard InChI is InChI=1S/C37H42O6/c1-39-32-19-17-31(18-20-32)24-41-35-22-21-34(38)37(43-26-30-15-9-4-10-16-30)36(42-25-29-13-7-3-8-14-29)33(35)27-40-23-28-11-5-2-6-12-28/h2-20,33-38H,21-27H2,1H3/t33-,34+,35+,36+,37+/m0/s1. The van der Waals surface area contributed by atoms with Crippen LogP contribution in [0.3, 0.4) is 0 Å². The van der Waals surface area contributed by atoms with Crippen molar-refractivity contribution < 1.29 is 28.8 Å². The first-order valence-electron chi connectivity index (χ1n) is 15.0. The maximum atomic E-state index is 11.5. The lowest BCUT2D eigenvalue weighted by molar-refractivity contribution is -0.167. The first-order chi connectivity index (χ1) is 21.2. The van der Waals surface area contributed by atoms with Crippen LogP contribution in [-0.4, -0.2) is 43.2 Å². The third-order valence-electron chi connectivity index (χ3n) is 7.97. The Labute approximate surface area is 255 Å². The molecule has 4 aromatic rings. The second-order valence-electron chi connectivity index (χ2n) is 11.0. The average Bonchev–Trinajstić information content (AvgIpc) is 3.18. The van der Waals surface area contributed by atoms with Gasteiger partial charge in [0, 0.05) is 5.92 Å². The van der Waals surface area contributed by atoms with Crippen LogP contribution in [0, 0.1) is 5.92 Å². The van der Waals surface area contributed by atoms with Crippen LogP contribution in [-0.2, 0) is 45.4 Å². The molecule has 0 radical (unpaired) electrons. The number of hydrogen-bond donors (Lipinski definition) is 1. The molecule has 0 unspecified atom stereocenters. The summed E-state index contributed by atoms with van der Waals surface area (Å²) in [6.45, 7) is 2.08. The van der Waals surface area contributed by atoms with E-state index in [-0.39, 0.29) is 12.0 Å². The van der Waals surface area contributed by atoms with E-state index in [1.54, 1.807) is 7.11 Å². The van der Waals surface area contributed by atoms with Crippen LogP contribution in [0.2, 0.25) is 0 Å². The van der Waals surface area contributed by atoms with E-state index in [4.69, 9.17) is 23.7 Å². The Kier molecular flexibility index (Phi) is 11.8. The molecule has 1 aliphatic carbocycles. The van der Waals surface area contributed by atoms with E-state index < -0.39 is 18.3 Å². The predicted octanol–water partition coefficient (Wildman–Crippen LogP) is 6.74. The molecule has 0 spiro atoms. The highest BCUT2D eigenvalue weighted by atomic mass is 16.6. The fourth-order valence-corrected chi connectivity index (χ4v) is 5.57. The summed E-state index contributed by atoms with van der Waals surface area (Å²) in [5.74, 6) is 0.630. The van der Waals surface area contributed by atoms with Gasteiger partial charge in [-0.15, -0.1) is 0 Å². The molecular formula is C37H42O6. The summed E-state index contributed by atoms with van der Waals surface area (Å²) in [5, 5.41) is 11.5. The quantitative estimate of drug-likeness (QED) is 0.166. The Morgan fingerprint density at radius 1 is 0.558 bits per heavy atom. The summed E-state index contributed by atoms with van der Waals surface area (Å²) < 4.78 is 31.5. The lowest BCUT2D eigenvalue weighted by atomic mass is 9.93. The van der Waals surface area contributed by atoms with E-state index in [1.165, 1.54) is 0 Å². The van der Waals surface area contributed by atoms with Gasteiger partial charge in [-0.1, -0.05) is 103 Å². The smallest absolute Gasteiger partial charge is 0.118 e. The molecule has 226 valence electrons. The summed E-state index contributed by atoms with van der Waals surface area (Å²) in [5.41, 5.74) is 4.26. The Hall–Kier alpha value is -3.52. The molecule has 0 amide bonds. The van der Waals surface area contributed by atoms with E-state index in [2.05, 4.69) is 12.1 Å². The summed E-state index contributed by atoms with van der Waals surface area (Å²) in [7, 11) is 1.66. The van der Waals surface area contributed by atoms with Gasteiger partial charge in [-0.25, -0.2) is 0 Å². The van der Waals surface area contributed by atoms with Crippen molar-refractivity contribution in [2.24, 2.45) is 5.92 Å². The zero-order valence-corrected chi connectivity index (χ0v) is 24.8. The summed E-state index contributed by atoms with van der Waals surface area (Å²) >= 11 is 0. The van der Waals surface area contributed by atoms with Crippen molar-refractivity contribution in [1.82, 2.24) is 0 Å². The van der Waals surface area contributed by atoms with E-state index in [0.29, 0.717) is 45.9 Å². The minimum atomic E-state index is -0.712. The van der Waals surface area contributed by atoms with Gasteiger partial charge in [0.2, 0.25) is 0 Å². The van der Waals surface area contributed by atoms with Crippen molar-refractivity contribution in [3.63, 3.8) is 0 Å². The third kappa shape index (κ3) is 9.23. The van der Waals surface area contributed by atoms with Crippen molar-refractivity contribution in [3.8, 4) is 5.75 Å². The highest BCUT2D eigenvalue weighted by Crippen LogP contribution is 2.33. The van der Waals surface area contributed by atoms with Crippen molar-refractivity contribution in [3.05, 3.63) is 138 Å². The number of methoxy groups -OCH3 is 1. The Bertz CT molecular complexity index is 1320. The van der Waals surface area contributed by atoms with Crippen LogP contribution in [0.25, 0.3) is 0 Å². The topological polar surface area (TPSA) is 66.4 Å². The van der Waals surface area contributed by atoms with Crippen LogP contribution in [0.4, 0.5) is 0 Å². The largest absolute Gasteiger partial charge is 0.497 e. The minimum absolute atomic E-state index is 0.177. The molecule has 5 atom stereocenters. The van der Waals surface area contributed by atoms with Crippen LogP contribution in [0.5, 0.6) is 5.75 Å². The molecule has 1 N–H and O–H groups in total. The van der Waals surface area contributed by atoms with Gasteiger partial charge in [0.1, 0.15) is 11.9 Å². The molecule has 1 fully saturated rings. The van der Waals surface area contributed by atoms with Crippen LogP contribution < -0.4 is 4.74 Å². The molecule has 0 aliphatic heterocycles. The molecule has 6 nitrogen and oxygen atoms in total. The molecule has 0 bridgehead atoms. The lowest BCUT2D eigenvalue weighted by Gasteiger charge is -2.36. The van der Waals surface area contributed by atoms with Gasteiger partial charge in [-0.05, 0) is 47.2 Å². The number of ether oxygens (including phenoxy) is 5. The molecule has 0 aromatic heterocycles. The molecular weight excluding hydrogens is 540 g/mol. The average molecular weight is 583 g/mol. The zero-order chi connectivity index (χ0) is 29.7. The molecule has 1 saturated carbocycles. The maximum absolute atomic E-state index is 11.5. The first kappa shape index (κ1) is 30.9. The normalized spacial score (nSPS) is 22.1. The zero-order valence-electron chi connectivity index (χ0n) is 24.8. The van der Waals surface area contributed by atoms with Gasteiger partial charge < -0.3 is 28.8 Å². The van der Waals surface area contributed by atoms with Crippen molar-refractivity contribution in [1.29, 1.82) is 0 Å². The van der Waals surface area contributed by atoms with Gasteiger partial charge in [0.15, 0.2) is 0 Å². The van der Waals surface area contributed by atoms with E-state index >= 15 is 0 Å². The Balaban J connectivity index is 1.39. The third-order valence-corrected chi connectivity index (χ3v) is 7.97. The first-order valence-corrected chi connectivity index (χ1v) is 15.0. The van der Waals surface area contributed by atoms with Gasteiger partial charge in [-0.2, -0.15) is 0 Å². The number of benzene rings is 4. The van der Waals surface area contributed by atoms with Gasteiger partial charge in [-0.3, -0.25) is 0 Å². The lowest BCUT2D eigenvalue weighted by Crippen LogP contribution is -2.47. The number of aliphatic hydroxyl groups is 1. The molecule has 0 saturated heterocycles. The second kappa shape index (κ2) is 16.4. The number of aliphatic hydroxyl groups excluding tert-OH is 1. The van der Waals surface area contributed by atoms with Gasteiger partial charge >= 0.3 is 0 Å². The fourth-order valence-electron chi connectivity index (χ4n) is 5.57. The van der Waals surface area contributed by atoms with E-state index in [1.807, 2.05) is 103 Å². The SMILES string of the molecule is COc1ccc(CO[C@@H]2CC[C@@H](O)[C@@H](OCc3ccccc3)[C@H](OCc3ccccc3)[C@H]2COCc2ccccc2)cc1. The van der Waals surface area contributed by atoms with Crippen molar-refractivity contribution in [2.45, 2.75) is 63.7 Å². The molecule has 5 rings (SSSR count). The fraction of sp³-hybridized carbons (Fsp3) is 0.351. The molecule has 4 aromatic carbocycles. The van der Waals surface area contributed by atoms with Crippen LogP contribution >= 0.6 is 0 Å². The summed E-state index contributed by atoms with van der Waals surface area (Å²) in [6.07, 6.45) is -0.739. The van der Waals surface area contributed by atoms with Crippen LogP contribution in [0.15, 0.2) is 115 Å². The maximum Gasteiger partial charge on any atom is 0.118 e. The van der Waals surface area contributed by atoms with Crippen molar-refractivity contribution in [2.75, 3.05) is 13.7 Å². The molecule has 6 heteroatoms. The summed E-state index contributed by atoms with van der Waals surface area (Å²) in [6, 6.07) is 38.2. The van der Waals surface area contributed by atoms with Crippen LogP contribution in [0.1, 0.15) is 35.1 Å². The highest BCUT2D eigenvalue weighted by molar-refractivity contribution is 5.26. The van der Waals surface area contributed by atoms with Crippen molar-refractivity contribution >= 4 is 0 Å². The van der Waals surface area contributed by atoms with E-state index in [0.717, 1.165) is 28.0 Å². The molecule has 43 heavy (non-hydrogen) atoms. The number of rotatable bonds is 14. The van der Waals surface area contributed by atoms with Gasteiger partial charge in [0.25, 0.3) is 0 Å². The van der Waals surface area contributed by atoms with E-state index in [9.17, 15) is 5.11 Å². The number of hydrogen-bond acceptors (Lipinski definition) is 6. The summed E-state index contributed by atoms with van der Waals surface area (Å²) in [4.78, 5) is 0. The molecule has 1 aliphatic rings. The Morgan fingerprint density at radius 3 is 1.60 bits per heavy atom. The molecule has 0 heterocycles. The minimum Gasteiger partial charge on any atom is -0.497 e.